The zero-order chi connectivity index (χ0) is 30.3. The second kappa shape index (κ2) is 13.6. The number of carbonyl (C=O) groups excluding carboxylic acids is 1. The van der Waals surface area contributed by atoms with Crippen LogP contribution in [-0.2, 0) is 13.2 Å². The molecule has 3 aromatic carbocycles. The number of aromatic nitrogens is 1. The number of halogens is 2. The molecule has 0 aliphatic rings. The number of rotatable bonds is 11. The minimum absolute atomic E-state index is 0.0544. The van der Waals surface area contributed by atoms with E-state index >= 15 is 0 Å². The maximum absolute atomic E-state index is 14.0. The number of benzene rings is 3. The molecule has 0 spiro atoms. The fraction of sp³-hybridized carbons (Fsp3) is 0.152. The summed E-state index contributed by atoms with van der Waals surface area (Å²) in [4.78, 5) is 12.6. The van der Waals surface area contributed by atoms with Crippen LogP contribution in [0.2, 0.25) is 0 Å². The summed E-state index contributed by atoms with van der Waals surface area (Å²) in [5, 5.41) is 4.05. The van der Waals surface area contributed by atoms with Gasteiger partial charge in [0.1, 0.15) is 30.5 Å². The van der Waals surface area contributed by atoms with Crippen molar-refractivity contribution < 1.29 is 27.8 Å². The Morgan fingerprint density at radius 3 is 2.44 bits per heavy atom. The molecule has 0 bridgehead atoms. The van der Waals surface area contributed by atoms with E-state index in [1.54, 1.807) is 36.4 Å². The van der Waals surface area contributed by atoms with Gasteiger partial charge in [-0.15, -0.1) is 0 Å². The molecule has 2 aromatic heterocycles. The molecule has 1 amide bonds. The Labute approximate surface area is 262 Å². The average Bonchev–Trinajstić information content (AvgIpc) is 3.62. The quantitative estimate of drug-likeness (QED) is 0.0888. The van der Waals surface area contributed by atoms with E-state index in [4.69, 9.17) is 18.6 Å². The topological polar surface area (TPSA) is 87.2 Å². The van der Waals surface area contributed by atoms with Crippen LogP contribution in [-0.4, -0.2) is 23.8 Å². The largest absolute Gasteiger partial charge is 0.493 e. The van der Waals surface area contributed by atoms with Crippen LogP contribution in [0, 0.1) is 23.2 Å². The van der Waals surface area contributed by atoms with Gasteiger partial charge in [0.05, 0.1) is 16.9 Å². The number of hydrogen-bond acceptors (Lipinski definition) is 6. The average molecular weight is 694 g/mol. The Hall–Kier alpha value is -4.58. The van der Waals surface area contributed by atoms with E-state index in [0.29, 0.717) is 34.1 Å². The van der Waals surface area contributed by atoms with Gasteiger partial charge in [-0.25, -0.2) is 9.82 Å². The highest BCUT2D eigenvalue weighted by Crippen LogP contribution is 2.34. The lowest BCUT2D eigenvalue weighted by Gasteiger charge is -2.14. The van der Waals surface area contributed by atoms with Gasteiger partial charge in [-0.1, -0.05) is 18.2 Å². The molecule has 0 saturated heterocycles. The van der Waals surface area contributed by atoms with Crippen LogP contribution in [0.5, 0.6) is 17.2 Å². The Morgan fingerprint density at radius 1 is 0.977 bits per heavy atom. The van der Waals surface area contributed by atoms with Gasteiger partial charge in [-0.2, -0.15) is 5.10 Å². The molecule has 0 saturated carbocycles. The summed E-state index contributed by atoms with van der Waals surface area (Å²) in [6.45, 7) is 4.35. The molecule has 0 unspecified atom stereocenters. The van der Waals surface area contributed by atoms with Crippen LogP contribution >= 0.6 is 22.6 Å². The van der Waals surface area contributed by atoms with E-state index in [-0.39, 0.29) is 24.8 Å². The first-order valence-corrected chi connectivity index (χ1v) is 14.4. The molecule has 0 fully saturated rings. The van der Waals surface area contributed by atoms with Gasteiger partial charge in [0, 0.05) is 22.6 Å². The van der Waals surface area contributed by atoms with Crippen molar-refractivity contribution in [3.63, 3.8) is 0 Å². The standard InChI is InChI=1S/C33H29FIN3O5/c1-21-8-9-22(2)38(21)25-10-12-26(13-11-25)41-20-27-14-15-30(43-27)33(39)37-36-18-23-16-29(35)32(31(17-23)40-3)42-19-24-6-4-5-7-28(24)34/h4-18H,19-20H2,1-3H3,(H,37,39)/b36-18+. The first-order valence-electron chi connectivity index (χ1n) is 13.4. The van der Waals surface area contributed by atoms with Crippen molar-refractivity contribution in [3.8, 4) is 22.9 Å². The van der Waals surface area contributed by atoms with Crippen LogP contribution in [0.4, 0.5) is 4.39 Å². The second-order valence-electron chi connectivity index (χ2n) is 9.61. The summed E-state index contributed by atoms with van der Waals surface area (Å²) in [7, 11) is 1.52. The van der Waals surface area contributed by atoms with Gasteiger partial charge in [0.25, 0.3) is 0 Å². The van der Waals surface area contributed by atoms with E-state index < -0.39 is 5.91 Å². The fourth-order valence-electron chi connectivity index (χ4n) is 4.44. The number of nitrogens with one attached hydrogen (secondary N) is 1. The third-order valence-electron chi connectivity index (χ3n) is 6.59. The zero-order valence-corrected chi connectivity index (χ0v) is 25.9. The smallest absolute Gasteiger partial charge is 0.307 e. The number of nitrogens with zero attached hydrogens (tertiary/aromatic N) is 2. The van der Waals surface area contributed by atoms with Crippen molar-refractivity contribution in [2.45, 2.75) is 27.1 Å². The predicted molar refractivity (Wildman–Crippen MR) is 170 cm³/mol. The lowest BCUT2D eigenvalue weighted by molar-refractivity contribution is 0.0923. The number of ether oxygens (including phenoxy) is 3. The summed E-state index contributed by atoms with van der Waals surface area (Å²) in [5.74, 6) is 1.39. The highest BCUT2D eigenvalue weighted by molar-refractivity contribution is 14.1. The maximum atomic E-state index is 14.0. The maximum Gasteiger partial charge on any atom is 0.307 e. The van der Waals surface area contributed by atoms with Gasteiger partial charge in [0.2, 0.25) is 0 Å². The number of hydrazone groups is 1. The normalized spacial score (nSPS) is 11.1. The van der Waals surface area contributed by atoms with Crippen LogP contribution in [0.15, 0.2) is 94.4 Å². The van der Waals surface area contributed by atoms with Crippen molar-refractivity contribution in [2.24, 2.45) is 5.10 Å². The van der Waals surface area contributed by atoms with Gasteiger partial charge in [-0.05, 0) is 109 Å². The first-order chi connectivity index (χ1) is 20.8. The number of hydrogen-bond donors (Lipinski definition) is 1. The van der Waals surface area contributed by atoms with Gasteiger partial charge in [-0.3, -0.25) is 4.79 Å². The summed E-state index contributed by atoms with van der Waals surface area (Å²) < 4.78 is 39.7. The third-order valence-corrected chi connectivity index (χ3v) is 7.40. The molecule has 8 nitrogen and oxygen atoms in total. The van der Waals surface area contributed by atoms with Crippen LogP contribution in [0.3, 0.4) is 0 Å². The molecule has 220 valence electrons. The van der Waals surface area contributed by atoms with Gasteiger partial charge >= 0.3 is 5.91 Å². The zero-order valence-electron chi connectivity index (χ0n) is 23.8. The van der Waals surface area contributed by atoms with Gasteiger partial charge in [0.15, 0.2) is 17.3 Å². The molecule has 5 rings (SSSR count). The van der Waals surface area contributed by atoms with Crippen molar-refractivity contribution in [2.75, 3.05) is 7.11 Å². The van der Waals surface area contributed by atoms with E-state index in [1.807, 2.05) is 30.3 Å². The Balaban J connectivity index is 1.15. The van der Waals surface area contributed by atoms with Crippen molar-refractivity contribution in [3.05, 3.63) is 128 Å². The van der Waals surface area contributed by atoms with Crippen molar-refractivity contribution in [1.29, 1.82) is 0 Å². The molecule has 5 aromatic rings. The van der Waals surface area contributed by atoms with E-state index in [2.05, 4.69) is 63.7 Å². The summed E-state index contributed by atoms with van der Waals surface area (Å²) >= 11 is 2.11. The lowest BCUT2D eigenvalue weighted by atomic mass is 10.2. The molecule has 0 atom stereocenters. The van der Waals surface area contributed by atoms with E-state index in [1.165, 1.54) is 19.4 Å². The minimum atomic E-state index is -0.504. The molecule has 0 radical (unpaired) electrons. The summed E-state index contributed by atoms with van der Waals surface area (Å²) in [5.41, 5.74) is 6.95. The Kier molecular flexibility index (Phi) is 9.45. The van der Waals surface area contributed by atoms with Gasteiger partial charge < -0.3 is 23.2 Å². The number of furan rings is 1. The first kappa shape index (κ1) is 29.9. The third kappa shape index (κ3) is 7.26. The fourth-order valence-corrected chi connectivity index (χ4v) is 5.22. The SMILES string of the molecule is COc1cc(/C=N/NC(=O)c2ccc(COc3ccc(-n4c(C)ccc4C)cc3)o2)cc(I)c1OCc1ccccc1F. The molecular formula is C33H29FIN3O5. The van der Waals surface area contributed by atoms with Crippen LogP contribution in [0.25, 0.3) is 5.69 Å². The van der Waals surface area contributed by atoms with Crippen LogP contribution < -0.4 is 19.6 Å². The summed E-state index contributed by atoms with van der Waals surface area (Å²) in [6.07, 6.45) is 1.48. The molecule has 43 heavy (non-hydrogen) atoms. The Bertz CT molecular complexity index is 1740. The number of carbonyl (C=O) groups is 1. The molecule has 2 heterocycles. The van der Waals surface area contributed by atoms with Crippen molar-refractivity contribution >= 4 is 34.7 Å². The predicted octanol–water partition coefficient (Wildman–Crippen LogP) is 7.36. The van der Waals surface area contributed by atoms with E-state index in [9.17, 15) is 9.18 Å². The number of amides is 1. The molecule has 10 heteroatoms. The molecule has 0 aliphatic heterocycles. The monoisotopic (exact) mass is 693 g/mol. The molecular weight excluding hydrogens is 664 g/mol. The number of methoxy groups -OCH3 is 1. The second-order valence-corrected chi connectivity index (χ2v) is 10.8. The summed E-state index contributed by atoms with van der Waals surface area (Å²) in [6, 6.07) is 25.2. The lowest BCUT2D eigenvalue weighted by Crippen LogP contribution is -2.16. The molecule has 1 N–H and O–H groups in total. The Morgan fingerprint density at radius 2 is 1.72 bits per heavy atom. The highest BCUT2D eigenvalue weighted by Gasteiger charge is 2.14. The van der Waals surface area contributed by atoms with E-state index in [0.717, 1.165) is 20.6 Å². The number of aryl methyl sites for hydroxylation is 2. The highest BCUT2D eigenvalue weighted by atomic mass is 127. The van der Waals surface area contributed by atoms with Crippen molar-refractivity contribution in [1.82, 2.24) is 9.99 Å². The minimum Gasteiger partial charge on any atom is -0.493 e. The van der Waals surface area contributed by atoms with Crippen LogP contribution in [0.1, 0.15) is 38.8 Å². The molecule has 0 aliphatic carbocycles.